The van der Waals surface area contributed by atoms with Crippen LogP contribution >= 0.6 is 11.6 Å². The number of hydrogen-bond acceptors (Lipinski definition) is 13. The first-order valence-electron chi connectivity index (χ1n) is 36.0. The van der Waals surface area contributed by atoms with E-state index >= 15 is 0 Å². The van der Waals surface area contributed by atoms with Crippen LogP contribution < -0.4 is 0 Å². The van der Waals surface area contributed by atoms with Gasteiger partial charge in [-0.15, -0.1) is 0 Å². The smallest absolute Gasteiger partial charge is 0.417 e. The maximum absolute atomic E-state index is 13.8. The van der Waals surface area contributed by atoms with Crippen LogP contribution in [-0.2, 0) is 6.18 Å². The van der Waals surface area contributed by atoms with Gasteiger partial charge in [-0.1, -0.05) is 23.7 Å². The zero-order valence-corrected chi connectivity index (χ0v) is 64.1. The molecule has 18 rings (SSSR count). The fraction of sp³-hybridized carbons (Fsp3) is 0.0674. The molecule has 0 unspecified atom stereocenters. The number of carboxylic acids is 6. The number of carboxylic acid groups (broad SMARTS) is 6. The minimum absolute atomic E-state index is 0.113. The second-order valence-corrected chi connectivity index (χ2v) is 27.3. The highest BCUT2D eigenvalue weighted by Gasteiger charge is 2.32. The Labute approximate surface area is 676 Å². The van der Waals surface area contributed by atoms with Crippen LogP contribution in [0.15, 0.2) is 274 Å². The molecule has 0 atom stereocenters. The van der Waals surface area contributed by atoms with Crippen molar-refractivity contribution in [2.45, 2.75) is 40.8 Å². The largest absolute Gasteiger partial charge is 0.478 e. The summed E-state index contributed by atoms with van der Waals surface area (Å²) in [5, 5.41) is 58.6. The molecule has 6 N–H and O–H groups in total. The first-order valence-corrected chi connectivity index (χ1v) is 36.3. The average Bonchev–Trinajstić information content (AvgIpc) is 1.69. The highest BCUT2D eigenvalue weighted by atomic mass is 35.5. The predicted molar refractivity (Wildman–Crippen MR) is 440 cm³/mol. The summed E-state index contributed by atoms with van der Waals surface area (Å²) in [5.41, 5.74) is 10.0. The van der Waals surface area contributed by atoms with E-state index in [2.05, 4.69) is 34.9 Å². The number of pyridine rings is 5. The number of carbonyl (C=O) groups is 6. The van der Waals surface area contributed by atoms with Gasteiger partial charge in [0.1, 0.15) is 34.8 Å². The van der Waals surface area contributed by atoms with Gasteiger partial charge in [-0.25, -0.2) is 63.7 Å². The fourth-order valence-electron chi connectivity index (χ4n) is 12.8. The number of aromatic nitrogens is 13. The molecule has 594 valence electrons. The molecule has 18 aromatic rings. The summed E-state index contributed by atoms with van der Waals surface area (Å²) in [7, 11) is 0. The summed E-state index contributed by atoms with van der Waals surface area (Å²) in [6, 6.07) is 58.4. The zero-order valence-electron chi connectivity index (χ0n) is 63.3. The standard InChI is InChI=1S/C15H8ClF3N2O2.C15H11FN2O2.3C15H12N2O2.C14H11N3O2/c16-11-6-10(15(17,18)19)7-20-13(11)21-4-3-8-5-9(14(22)23)1-2-12(8)21;1-9-6-13(14(16)17-8-9)18-5-4-10-7-11(15(19)20)2-3-12(10)18;1-10-2-5-14(16-9-10)17-7-6-11-8-12(15(18)19)3-4-13(11)17;1-10-4-6-16-14(8-10)17-7-5-11-9-12(15(18)19)2-3-13(11)17;1-10-3-2-4-14(16-10)17-8-7-11-9-12(15(18)19)5-6-13(11)17;1-9-15-6-4-13(16-9)17-7-5-10-8-11(14(18)19)2-3-12(10)17/h1-7H,(H,22,23);2-8H,1H3,(H,19,20);3*2-9H,1H3,(H,18,19);2-8H,1H3,(H,18,19). The maximum Gasteiger partial charge on any atom is 0.417 e. The Morgan fingerprint density at radius 2 is 0.723 bits per heavy atom. The summed E-state index contributed by atoms with van der Waals surface area (Å²) in [4.78, 5) is 94.8. The number of hydrogen-bond donors (Lipinski definition) is 6. The van der Waals surface area contributed by atoms with Crippen LogP contribution in [0, 0.1) is 40.6 Å². The van der Waals surface area contributed by atoms with Crippen molar-refractivity contribution < 1.29 is 77.0 Å². The molecule has 12 heterocycles. The first-order chi connectivity index (χ1) is 56.9. The lowest BCUT2D eigenvalue weighted by Gasteiger charge is -2.10. The van der Waals surface area contributed by atoms with Crippen LogP contribution in [0.5, 0.6) is 0 Å². The van der Waals surface area contributed by atoms with Crippen molar-refractivity contribution in [1.82, 2.24) is 62.3 Å². The molecule has 12 aromatic heterocycles. The molecule has 25 nitrogen and oxygen atoms in total. The summed E-state index contributed by atoms with van der Waals surface area (Å²) in [6.07, 6.45) is 13.8. The Bertz CT molecular complexity index is 6650. The van der Waals surface area contributed by atoms with Crippen LogP contribution in [0.3, 0.4) is 0 Å². The summed E-state index contributed by atoms with van der Waals surface area (Å²) in [6.45, 7) is 9.61. The van der Waals surface area contributed by atoms with Crippen molar-refractivity contribution in [2.75, 3.05) is 0 Å². The molecule has 0 saturated heterocycles. The molecule has 6 aromatic carbocycles. The molecule has 0 aliphatic carbocycles. The number of benzene rings is 6. The molecule has 0 spiro atoms. The molecule has 0 saturated carbocycles. The Hall–Kier alpha value is -15.8. The van der Waals surface area contributed by atoms with Crippen molar-refractivity contribution in [1.29, 1.82) is 0 Å². The third kappa shape index (κ3) is 18.4. The minimum Gasteiger partial charge on any atom is -0.478 e. The maximum atomic E-state index is 13.8. The number of fused-ring (bicyclic) bond motifs is 6. The number of aryl methyl sites for hydroxylation is 5. The quantitative estimate of drug-likeness (QED) is 0.0489. The van der Waals surface area contributed by atoms with Gasteiger partial charge in [0.25, 0.3) is 0 Å². The van der Waals surface area contributed by atoms with Gasteiger partial charge in [0, 0.05) is 106 Å². The van der Waals surface area contributed by atoms with Crippen LogP contribution in [0.2, 0.25) is 5.02 Å². The van der Waals surface area contributed by atoms with Crippen molar-refractivity contribution in [3.05, 3.63) is 353 Å². The summed E-state index contributed by atoms with van der Waals surface area (Å²) >= 11 is 5.93. The number of rotatable bonds is 12. The lowest BCUT2D eigenvalue weighted by Crippen LogP contribution is -2.07. The molecule has 0 radical (unpaired) electrons. The highest BCUT2D eigenvalue weighted by Crippen LogP contribution is 2.34. The molecule has 0 aliphatic rings. The van der Waals surface area contributed by atoms with E-state index in [9.17, 15) is 46.3 Å². The van der Waals surface area contributed by atoms with E-state index in [0.717, 1.165) is 106 Å². The van der Waals surface area contributed by atoms with E-state index in [-0.39, 0.29) is 27.5 Å². The summed E-state index contributed by atoms with van der Waals surface area (Å²) < 4.78 is 62.7. The van der Waals surface area contributed by atoms with Crippen molar-refractivity contribution in [3.63, 3.8) is 0 Å². The zero-order chi connectivity index (χ0) is 84.7. The van der Waals surface area contributed by atoms with E-state index in [1.165, 1.54) is 29.0 Å². The Kier molecular flexibility index (Phi) is 23.6. The molecule has 0 aliphatic heterocycles. The lowest BCUT2D eigenvalue weighted by molar-refractivity contribution is -0.137. The molecule has 0 fully saturated rings. The second kappa shape index (κ2) is 34.5. The van der Waals surface area contributed by atoms with Gasteiger partial charge in [0.15, 0.2) is 5.82 Å². The number of alkyl halides is 3. The van der Waals surface area contributed by atoms with Crippen LogP contribution in [0.1, 0.15) is 95.9 Å². The average molecular weight is 1620 g/mol. The first kappa shape index (κ1) is 81.2. The molecule has 0 bridgehead atoms. The van der Waals surface area contributed by atoms with Gasteiger partial charge in [0.05, 0.1) is 77.1 Å². The van der Waals surface area contributed by atoms with Gasteiger partial charge in [-0.05, 0) is 245 Å². The number of nitrogens with zero attached hydrogens (tertiary/aromatic N) is 13. The van der Waals surface area contributed by atoms with Crippen LogP contribution in [-0.4, -0.2) is 129 Å². The normalized spacial score (nSPS) is 11.0. The lowest BCUT2D eigenvalue weighted by atomic mass is 10.1. The topological polar surface area (TPSA) is 344 Å². The molecular formula is C89H66ClF4N13O12. The van der Waals surface area contributed by atoms with Crippen LogP contribution in [0.4, 0.5) is 17.6 Å². The Balaban J connectivity index is 0.000000124. The minimum atomic E-state index is -4.52. The van der Waals surface area contributed by atoms with Gasteiger partial charge in [-0.2, -0.15) is 17.6 Å². The van der Waals surface area contributed by atoms with Gasteiger partial charge >= 0.3 is 42.0 Å². The third-order valence-electron chi connectivity index (χ3n) is 18.6. The second-order valence-electron chi connectivity index (χ2n) is 26.9. The van der Waals surface area contributed by atoms with Crippen LogP contribution in [0.25, 0.3) is 100 Å². The van der Waals surface area contributed by atoms with E-state index in [1.54, 1.807) is 126 Å². The molecule has 0 amide bonds. The van der Waals surface area contributed by atoms with Gasteiger partial charge in [-0.3, -0.25) is 4.57 Å². The SMILES string of the molecule is Cc1ccc(-n2ccc3cc(C(=O)O)ccc32)nc1.Cc1cccc(-n2ccc3cc(C(=O)O)ccc32)n1.Cc1ccnc(-n2ccc3cc(C(=O)O)ccc32)c1.Cc1cnc(F)c(-n2ccc3cc(C(=O)O)ccc32)c1.Cc1nccc(-n2ccc3cc(C(=O)O)ccc32)n1.O=C(O)c1ccc2c(ccn2-c2ncc(C(F)(F)F)cc2Cl)c1. The molecule has 30 heteroatoms. The Morgan fingerprint density at radius 1 is 0.336 bits per heavy atom. The monoisotopic (exact) mass is 1620 g/mol. The Morgan fingerprint density at radius 3 is 1.12 bits per heavy atom. The fourth-order valence-corrected chi connectivity index (χ4v) is 13.1. The van der Waals surface area contributed by atoms with E-state index < -0.39 is 53.5 Å². The van der Waals surface area contributed by atoms with Crippen molar-refractivity contribution in [2.24, 2.45) is 0 Å². The summed E-state index contributed by atoms with van der Waals surface area (Å²) in [5.74, 6) is -2.18. The van der Waals surface area contributed by atoms with E-state index in [4.69, 9.17) is 42.2 Å². The number of halogens is 5. The van der Waals surface area contributed by atoms with Gasteiger partial charge in [0.2, 0.25) is 5.95 Å². The predicted octanol–water partition coefficient (Wildman–Crippen LogP) is 19.1. The van der Waals surface area contributed by atoms with Gasteiger partial charge < -0.3 is 53.5 Å². The third-order valence-corrected chi connectivity index (χ3v) is 18.9. The molecular weight excluding hydrogens is 1550 g/mol. The van der Waals surface area contributed by atoms with Crippen molar-refractivity contribution >= 4 is 113 Å². The highest BCUT2D eigenvalue weighted by molar-refractivity contribution is 6.32. The van der Waals surface area contributed by atoms with E-state index in [0.29, 0.717) is 45.3 Å². The number of aromatic carboxylic acids is 6. The van der Waals surface area contributed by atoms with Crippen molar-refractivity contribution in [3.8, 4) is 34.8 Å². The van der Waals surface area contributed by atoms with E-state index in [1.807, 2.05) is 169 Å². The molecule has 119 heavy (non-hydrogen) atoms.